The van der Waals surface area contributed by atoms with Crippen molar-refractivity contribution in [1.82, 2.24) is 15.0 Å². The topological polar surface area (TPSA) is 146 Å². The van der Waals surface area contributed by atoms with E-state index >= 15 is 0 Å². The van der Waals surface area contributed by atoms with Crippen LogP contribution < -0.4 is 10.6 Å². The van der Waals surface area contributed by atoms with Crippen LogP contribution in [0.4, 0.5) is 56.6 Å². The lowest BCUT2D eigenvalue weighted by molar-refractivity contribution is -0.138. The predicted octanol–water partition coefficient (Wildman–Crippen LogP) is 5.75. The Bertz CT molecular complexity index is 1520. The van der Waals surface area contributed by atoms with Gasteiger partial charge in [0, 0.05) is 0 Å². The Hall–Kier alpha value is -5.44. The third-order valence-electron chi connectivity index (χ3n) is 4.65. The molecule has 3 heterocycles. The molecule has 18 heteroatoms. The number of guanidine groups is 1. The van der Waals surface area contributed by atoms with Crippen molar-refractivity contribution in [2.24, 2.45) is 4.99 Å². The molecule has 2 N–H and O–H groups in total. The van der Waals surface area contributed by atoms with Crippen LogP contribution >= 0.6 is 0 Å². The fourth-order valence-corrected chi connectivity index (χ4v) is 2.99. The molecule has 3 aromatic rings. The highest BCUT2D eigenvalue weighted by Crippen LogP contribution is 2.35. The Labute approximate surface area is 216 Å². The van der Waals surface area contributed by atoms with Crippen LogP contribution in [0.15, 0.2) is 41.8 Å². The number of aromatic nitrogens is 3. The number of rotatable bonds is 3. The van der Waals surface area contributed by atoms with Crippen LogP contribution in [-0.4, -0.2) is 20.9 Å². The number of anilines is 2. The maximum absolute atomic E-state index is 13.4. The van der Waals surface area contributed by atoms with Gasteiger partial charge in [-0.25, -0.2) is 19.9 Å². The van der Waals surface area contributed by atoms with Gasteiger partial charge in [0.2, 0.25) is 5.96 Å². The number of aliphatic imine (C=N–C) groups is 1. The Balaban J connectivity index is 2.16. The van der Waals surface area contributed by atoms with E-state index in [1.54, 1.807) is 0 Å². The van der Waals surface area contributed by atoms with E-state index in [2.05, 4.69) is 30.6 Å². The Morgan fingerprint density at radius 2 is 0.950 bits per heavy atom. The molecule has 0 bridgehead atoms. The van der Waals surface area contributed by atoms with Crippen molar-refractivity contribution in [1.29, 1.82) is 15.8 Å². The van der Waals surface area contributed by atoms with Crippen molar-refractivity contribution < 1.29 is 39.5 Å². The summed E-state index contributed by atoms with van der Waals surface area (Å²) in [6.07, 6.45) is -13.0. The summed E-state index contributed by atoms with van der Waals surface area (Å²) in [6.45, 7) is 0. The lowest BCUT2D eigenvalue weighted by atomic mass is 10.1. The first-order chi connectivity index (χ1) is 18.6. The number of nitrogens with zero attached hydrogens (tertiary/aromatic N) is 7. The molecule has 0 spiro atoms. The zero-order chi connectivity index (χ0) is 29.9. The van der Waals surface area contributed by atoms with Crippen LogP contribution in [0.5, 0.6) is 0 Å². The van der Waals surface area contributed by atoms with Gasteiger partial charge in [-0.1, -0.05) is 0 Å². The molecule has 0 atom stereocenters. The first-order valence-electron chi connectivity index (χ1n) is 10.1. The zero-order valence-electron chi connectivity index (χ0n) is 19.0. The first kappa shape index (κ1) is 29.1. The van der Waals surface area contributed by atoms with Crippen molar-refractivity contribution in [3.8, 4) is 18.2 Å². The molecule has 0 unspecified atom stereocenters. The van der Waals surface area contributed by atoms with Crippen molar-refractivity contribution in [3.63, 3.8) is 0 Å². The fraction of sp³-hybridized carbons (Fsp3) is 0.136. The normalized spacial score (nSPS) is 11.6. The summed E-state index contributed by atoms with van der Waals surface area (Å²) in [5.41, 5.74) is -9.27. The molecule has 0 aliphatic heterocycles. The Morgan fingerprint density at radius 3 is 1.30 bits per heavy atom. The van der Waals surface area contributed by atoms with Gasteiger partial charge in [0.25, 0.3) is 0 Å². The summed E-state index contributed by atoms with van der Waals surface area (Å²) in [5.74, 6) is -0.751. The van der Waals surface area contributed by atoms with Gasteiger partial charge < -0.3 is 10.6 Å². The number of nitrogens with one attached hydrogen (secondary N) is 2. The second kappa shape index (κ2) is 10.7. The molecule has 0 saturated carbocycles. The molecular formula is C22H8F9N9. The Morgan fingerprint density at radius 1 is 0.600 bits per heavy atom. The number of pyridine rings is 3. The summed E-state index contributed by atoms with van der Waals surface area (Å²) in [5, 5.41) is 31.2. The second-order valence-corrected chi connectivity index (χ2v) is 7.37. The summed E-state index contributed by atoms with van der Waals surface area (Å²) in [7, 11) is 0. The van der Waals surface area contributed by atoms with Gasteiger partial charge in [0.15, 0.2) is 17.1 Å². The molecule has 0 radical (unpaired) electrons. The molecule has 0 aliphatic rings. The lowest BCUT2D eigenvalue weighted by Crippen LogP contribution is -2.23. The van der Waals surface area contributed by atoms with Crippen LogP contribution in [0.25, 0.3) is 0 Å². The minimum Gasteiger partial charge on any atom is -0.324 e. The molecule has 0 aliphatic carbocycles. The van der Waals surface area contributed by atoms with Crippen LogP contribution in [0.3, 0.4) is 0 Å². The van der Waals surface area contributed by atoms with Crippen LogP contribution in [0.1, 0.15) is 33.8 Å². The standard InChI is InChI=1S/C22H8F9N9/c23-20(24,25)13-1-10(7-35-16(13)4-32)38-19(39-11-2-14(21(26,27)28)17(5-33)36-8-11)40-12-3-15(22(29,30)31)18(6-34)37-9-12/h1-3,7-9H,(H2,38,39,40). The third kappa shape index (κ3) is 6.70. The van der Waals surface area contributed by atoms with Crippen molar-refractivity contribution in [2.45, 2.75) is 18.5 Å². The van der Waals surface area contributed by atoms with E-state index in [0.29, 0.717) is 24.4 Å². The van der Waals surface area contributed by atoms with E-state index in [9.17, 15) is 39.5 Å². The van der Waals surface area contributed by atoms with Crippen LogP contribution in [0.2, 0.25) is 0 Å². The zero-order valence-corrected chi connectivity index (χ0v) is 19.0. The van der Waals surface area contributed by atoms with Gasteiger partial charge in [-0.15, -0.1) is 0 Å². The van der Waals surface area contributed by atoms with Crippen molar-refractivity contribution in [2.75, 3.05) is 10.6 Å². The molecule has 40 heavy (non-hydrogen) atoms. The van der Waals surface area contributed by atoms with Gasteiger partial charge in [-0.05, 0) is 18.2 Å². The number of nitriles is 3. The number of alkyl halides is 9. The van der Waals surface area contributed by atoms with E-state index in [1.165, 1.54) is 18.2 Å². The summed E-state index contributed by atoms with van der Waals surface area (Å²) >= 11 is 0. The van der Waals surface area contributed by atoms with E-state index in [4.69, 9.17) is 15.8 Å². The average molecular weight is 569 g/mol. The van der Waals surface area contributed by atoms with Crippen molar-refractivity contribution >= 4 is 23.0 Å². The predicted molar refractivity (Wildman–Crippen MR) is 116 cm³/mol. The van der Waals surface area contributed by atoms with E-state index < -0.39 is 75.3 Å². The first-order valence-corrected chi connectivity index (χ1v) is 10.1. The van der Waals surface area contributed by atoms with Crippen LogP contribution in [-0.2, 0) is 18.5 Å². The van der Waals surface area contributed by atoms with Crippen LogP contribution in [0, 0.1) is 34.0 Å². The summed E-state index contributed by atoms with van der Waals surface area (Å²) < 4.78 is 120. The number of halogens is 9. The van der Waals surface area contributed by atoms with Gasteiger partial charge in [0.05, 0.1) is 52.3 Å². The highest BCUT2D eigenvalue weighted by Gasteiger charge is 2.37. The SMILES string of the molecule is N#Cc1ncc(N=C(Nc2cnc(C#N)c(C(F)(F)F)c2)Nc2cnc(C#N)c(C(F)(F)F)c2)cc1C(F)(F)F. The fourth-order valence-electron chi connectivity index (χ4n) is 2.99. The van der Waals surface area contributed by atoms with E-state index in [-0.39, 0.29) is 0 Å². The summed E-state index contributed by atoms with van der Waals surface area (Å²) in [6, 6.07) is 4.88. The quantitative estimate of drug-likeness (QED) is 0.230. The molecule has 204 valence electrons. The van der Waals surface area contributed by atoms with Crippen molar-refractivity contribution in [3.05, 3.63) is 70.6 Å². The largest absolute Gasteiger partial charge is 0.419 e. The van der Waals surface area contributed by atoms with E-state index in [0.717, 1.165) is 12.4 Å². The smallest absolute Gasteiger partial charge is 0.324 e. The average Bonchev–Trinajstić information content (AvgIpc) is 2.87. The molecule has 9 nitrogen and oxygen atoms in total. The minimum absolute atomic E-state index is 0.366. The molecule has 3 rings (SSSR count). The number of hydrogen-bond donors (Lipinski definition) is 2. The maximum atomic E-state index is 13.4. The summed E-state index contributed by atoms with van der Waals surface area (Å²) in [4.78, 5) is 13.8. The van der Waals surface area contributed by atoms with Gasteiger partial charge in [-0.3, -0.25) is 0 Å². The lowest BCUT2D eigenvalue weighted by Gasteiger charge is -2.16. The number of hydrogen-bond acceptors (Lipinski definition) is 7. The highest BCUT2D eigenvalue weighted by molar-refractivity contribution is 6.04. The Kier molecular flexibility index (Phi) is 7.82. The molecular weight excluding hydrogens is 561 g/mol. The minimum atomic E-state index is -5.07. The van der Waals surface area contributed by atoms with E-state index in [1.807, 2.05) is 0 Å². The van der Waals surface area contributed by atoms with Gasteiger partial charge in [-0.2, -0.15) is 55.3 Å². The maximum Gasteiger partial charge on any atom is 0.419 e. The molecule has 0 fully saturated rings. The molecule has 0 amide bonds. The molecule has 3 aromatic heterocycles. The van der Waals surface area contributed by atoms with Gasteiger partial charge in [0.1, 0.15) is 18.2 Å². The second-order valence-electron chi connectivity index (χ2n) is 7.37. The third-order valence-corrected chi connectivity index (χ3v) is 4.65. The monoisotopic (exact) mass is 569 g/mol. The highest BCUT2D eigenvalue weighted by atomic mass is 19.4. The van der Waals surface area contributed by atoms with Gasteiger partial charge >= 0.3 is 18.5 Å². The molecule has 0 aromatic carbocycles. The molecule has 0 saturated heterocycles.